The van der Waals surface area contributed by atoms with Crippen LogP contribution in [0.15, 0.2) is 52.9 Å². The van der Waals surface area contributed by atoms with Gasteiger partial charge in [0.25, 0.3) is 0 Å². The minimum absolute atomic E-state index is 0.536. The standard InChI is InChI=1S/C16H14IN3O/c1-20(2)14-9-5-12(6-10-14)16-19-18-15(21-16)11-3-7-13(17)8-4-11/h3-10H,1-2H3/i17-2. The van der Waals surface area contributed by atoms with Gasteiger partial charge in [0.15, 0.2) is 0 Å². The van der Waals surface area contributed by atoms with E-state index in [0.717, 1.165) is 16.8 Å². The highest BCUT2D eigenvalue weighted by atomic mass is 125. The van der Waals surface area contributed by atoms with Crippen LogP contribution in [0.4, 0.5) is 5.69 Å². The van der Waals surface area contributed by atoms with Gasteiger partial charge < -0.3 is 9.32 Å². The maximum Gasteiger partial charge on any atom is 0.248 e. The van der Waals surface area contributed by atoms with Gasteiger partial charge in [-0.1, -0.05) is 0 Å². The lowest BCUT2D eigenvalue weighted by molar-refractivity contribution is 0.584. The highest BCUT2D eigenvalue weighted by Crippen LogP contribution is 2.25. The van der Waals surface area contributed by atoms with Crippen LogP contribution in [0.2, 0.25) is 0 Å². The Bertz CT molecular complexity index is 733. The highest BCUT2D eigenvalue weighted by Gasteiger charge is 2.10. The molecule has 0 atom stereocenters. The smallest absolute Gasteiger partial charge is 0.248 e. The van der Waals surface area contributed by atoms with Crippen LogP contribution in [0.1, 0.15) is 0 Å². The average Bonchev–Trinajstić information content (AvgIpc) is 2.98. The number of aromatic nitrogens is 2. The minimum Gasteiger partial charge on any atom is -0.416 e. The zero-order chi connectivity index (χ0) is 14.8. The van der Waals surface area contributed by atoms with Crippen LogP contribution >= 0.6 is 22.6 Å². The summed E-state index contributed by atoms with van der Waals surface area (Å²) in [7, 11) is 4.02. The van der Waals surface area contributed by atoms with Crippen molar-refractivity contribution in [3.8, 4) is 22.9 Å². The number of hydrogen-bond donors (Lipinski definition) is 0. The van der Waals surface area contributed by atoms with E-state index in [-0.39, 0.29) is 0 Å². The Balaban J connectivity index is 1.89. The summed E-state index contributed by atoms with van der Waals surface area (Å²) in [4.78, 5) is 2.05. The van der Waals surface area contributed by atoms with Gasteiger partial charge in [0.2, 0.25) is 11.8 Å². The predicted molar refractivity (Wildman–Crippen MR) is 92.2 cm³/mol. The van der Waals surface area contributed by atoms with Crippen LogP contribution in [0, 0.1) is 3.57 Å². The first-order valence-corrected chi connectivity index (χ1v) is 7.58. The van der Waals surface area contributed by atoms with Crippen LogP contribution in [0.3, 0.4) is 0 Å². The number of anilines is 1. The van der Waals surface area contributed by atoms with Crippen molar-refractivity contribution < 1.29 is 4.42 Å². The van der Waals surface area contributed by atoms with Crippen LogP contribution in [-0.4, -0.2) is 24.3 Å². The molecule has 3 rings (SSSR count). The third kappa shape index (κ3) is 3.07. The molecule has 0 bridgehead atoms. The average molecular weight is 389 g/mol. The molecule has 21 heavy (non-hydrogen) atoms. The van der Waals surface area contributed by atoms with Crippen LogP contribution in [0.25, 0.3) is 22.9 Å². The molecule has 0 aliphatic carbocycles. The molecule has 106 valence electrons. The maximum absolute atomic E-state index is 5.76. The van der Waals surface area contributed by atoms with Crippen molar-refractivity contribution in [2.75, 3.05) is 19.0 Å². The lowest BCUT2D eigenvalue weighted by Crippen LogP contribution is -2.07. The molecule has 4 nitrogen and oxygen atoms in total. The van der Waals surface area contributed by atoms with E-state index in [1.54, 1.807) is 0 Å². The molecule has 0 radical (unpaired) electrons. The molecule has 0 fully saturated rings. The number of halogens is 1. The molecule has 1 heterocycles. The molecule has 0 N–H and O–H groups in total. The molecule has 0 aliphatic rings. The number of rotatable bonds is 3. The summed E-state index contributed by atoms with van der Waals surface area (Å²) in [6.07, 6.45) is 0. The van der Waals surface area contributed by atoms with Gasteiger partial charge in [0.1, 0.15) is 0 Å². The summed E-state index contributed by atoms with van der Waals surface area (Å²) in [5.74, 6) is 1.08. The molecular weight excluding hydrogens is 375 g/mol. The molecule has 3 aromatic rings. The van der Waals surface area contributed by atoms with E-state index in [0.29, 0.717) is 11.8 Å². The van der Waals surface area contributed by atoms with Gasteiger partial charge in [0.05, 0.1) is 0 Å². The van der Waals surface area contributed by atoms with E-state index in [1.807, 2.05) is 62.6 Å². The molecule has 0 aliphatic heterocycles. The molecule has 5 heteroatoms. The van der Waals surface area contributed by atoms with Gasteiger partial charge in [-0.25, -0.2) is 0 Å². The number of hydrogen-bond acceptors (Lipinski definition) is 4. The van der Waals surface area contributed by atoms with E-state index in [4.69, 9.17) is 4.42 Å². The second-order valence-corrected chi connectivity index (χ2v) is 6.11. The van der Waals surface area contributed by atoms with Crippen LogP contribution in [0.5, 0.6) is 0 Å². The first kappa shape index (κ1) is 14.1. The summed E-state index contributed by atoms with van der Waals surface area (Å²) in [5.41, 5.74) is 2.99. The summed E-state index contributed by atoms with van der Waals surface area (Å²) in [6, 6.07) is 16.0. The Morgan fingerprint density at radius 2 is 1.29 bits per heavy atom. The zero-order valence-corrected chi connectivity index (χ0v) is 13.9. The van der Waals surface area contributed by atoms with Crippen molar-refractivity contribution in [3.63, 3.8) is 0 Å². The number of nitrogens with zero attached hydrogens (tertiary/aromatic N) is 3. The zero-order valence-electron chi connectivity index (χ0n) is 11.7. The highest BCUT2D eigenvalue weighted by molar-refractivity contribution is 14.1. The lowest BCUT2D eigenvalue weighted by atomic mass is 10.2. The van der Waals surface area contributed by atoms with Crippen molar-refractivity contribution in [3.05, 3.63) is 52.1 Å². The van der Waals surface area contributed by atoms with Gasteiger partial charge >= 0.3 is 0 Å². The Morgan fingerprint density at radius 3 is 1.76 bits per heavy atom. The van der Waals surface area contributed by atoms with Crippen molar-refractivity contribution in [2.45, 2.75) is 0 Å². The lowest BCUT2D eigenvalue weighted by Gasteiger charge is -2.11. The first-order chi connectivity index (χ1) is 10.1. The molecule has 0 spiro atoms. The van der Waals surface area contributed by atoms with Crippen LogP contribution < -0.4 is 4.90 Å². The molecular formula is C16H14IN3O. The summed E-state index contributed by atoms with van der Waals surface area (Å²) < 4.78 is 6.93. The van der Waals surface area contributed by atoms with Crippen molar-refractivity contribution >= 4 is 28.3 Å². The Kier molecular flexibility index (Phi) is 3.92. The fraction of sp³-hybridized carbons (Fsp3) is 0.125. The van der Waals surface area contributed by atoms with Gasteiger partial charge in [-0.05, 0) is 71.1 Å². The van der Waals surface area contributed by atoms with E-state index in [1.165, 1.54) is 3.57 Å². The molecule has 0 saturated carbocycles. The van der Waals surface area contributed by atoms with Crippen molar-refractivity contribution in [1.82, 2.24) is 10.2 Å². The summed E-state index contributed by atoms with van der Waals surface area (Å²) in [6.45, 7) is 0. The van der Waals surface area contributed by atoms with Crippen molar-refractivity contribution in [1.29, 1.82) is 0 Å². The largest absolute Gasteiger partial charge is 0.416 e. The Hall–Kier alpha value is -1.89. The van der Waals surface area contributed by atoms with Gasteiger partial charge in [0, 0.05) is 34.5 Å². The maximum atomic E-state index is 5.76. The monoisotopic (exact) mass is 389 g/mol. The predicted octanol–water partition coefficient (Wildman–Crippen LogP) is 4.07. The summed E-state index contributed by atoms with van der Waals surface area (Å²) >= 11 is 2.27. The third-order valence-electron chi connectivity index (χ3n) is 3.15. The van der Waals surface area contributed by atoms with E-state index in [9.17, 15) is 0 Å². The first-order valence-electron chi connectivity index (χ1n) is 6.51. The Morgan fingerprint density at radius 1 is 0.810 bits per heavy atom. The van der Waals surface area contributed by atoms with E-state index < -0.39 is 0 Å². The van der Waals surface area contributed by atoms with Gasteiger partial charge in [-0.2, -0.15) is 0 Å². The topological polar surface area (TPSA) is 42.2 Å². The quantitative estimate of drug-likeness (QED) is 0.634. The third-order valence-corrected chi connectivity index (χ3v) is 3.87. The second kappa shape index (κ2) is 5.85. The molecule has 2 aromatic carbocycles. The summed E-state index contributed by atoms with van der Waals surface area (Å²) in [5, 5.41) is 8.25. The fourth-order valence-corrected chi connectivity index (χ4v) is 2.31. The fourth-order valence-electron chi connectivity index (χ4n) is 1.95. The van der Waals surface area contributed by atoms with Gasteiger partial charge in [-0.3, -0.25) is 0 Å². The molecule has 1 aromatic heterocycles. The molecule has 0 saturated heterocycles. The van der Waals surface area contributed by atoms with E-state index in [2.05, 4.69) is 37.7 Å². The van der Waals surface area contributed by atoms with Crippen molar-refractivity contribution in [2.24, 2.45) is 0 Å². The van der Waals surface area contributed by atoms with Gasteiger partial charge in [-0.15, -0.1) is 10.2 Å². The second-order valence-electron chi connectivity index (χ2n) is 4.86. The minimum atomic E-state index is 0.536. The van der Waals surface area contributed by atoms with Crippen LogP contribution in [-0.2, 0) is 0 Å². The van der Waals surface area contributed by atoms with E-state index >= 15 is 0 Å². The molecule has 0 amide bonds. The SMILES string of the molecule is CN(C)c1ccc(-c2nnc(-c3ccc([125I])cc3)o2)cc1. The Labute approximate surface area is 136 Å². The number of benzene rings is 2. The normalized spacial score (nSPS) is 10.6. The molecule has 0 unspecified atom stereocenters.